The van der Waals surface area contributed by atoms with E-state index < -0.39 is 29.1 Å². The van der Waals surface area contributed by atoms with E-state index in [1.807, 2.05) is 0 Å². The third-order valence-electron chi connectivity index (χ3n) is 3.02. The first-order valence-electron chi connectivity index (χ1n) is 5.91. The molecule has 1 aliphatic heterocycles. The molecular weight excluding hydrogens is 273 g/mol. The number of carbonyl (C=O) groups excluding carboxylic acids is 2. The van der Waals surface area contributed by atoms with Crippen molar-refractivity contribution in [2.75, 3.05) is 11.4 Å². The van der Waals surface area contributed by atoms with Crippen LogP contribution >= 0.6 is 0 Å². The zero-order valence-corrected chi connectivity index (χ0v) is 10.9. The molecule has 1 saturated heterocycles. The van der Waals surface area contributed by atoms with Crippen LogP contribution in [-0.2, 0) is 15.8 Å². The molecule has 0 spiro atoms. The summed E-state index contributed by atoms with van der Waals surface area (Å²) >= 11 is 0. The number of halogens is 3. The van der Waals surface area contributed by atoms with Crippen LogP contribution in [0.4, 0.5) is 18.9 Å². The Morgan fingerprint density at radius 2 is 1.90 bits per heavy atom. The molecule has 2 amide bonds. The summed E-state index contributed by atoms with van der Waals surface area (Å²) in [6, 6.07) is 4.38. The number of amides is 2. The third-order valence-corrected chi connectivity index (χ3v) is 3.02. The second kappa shape index (κ2) is 4.50. The van der Waals surface area contributed by atoms with Crippen molar-refractivity contribution in [3.8, 4) is 0 Å². The molecule has 0 atom stereocenters. The summed E-state index contributed by atoms with van der Waals surface area (Å²) in [4.78, 5) is 24.8. The van der Waals surface area contributed by atoms with Crippen molar-refractivity contribution >= 4 is 17.5 Å². The molecule has 4 nitrogen and oxygen atoms in total. The summed E-state index contributed by atoms with van der Waals surface area (Å²) in [7, 11) is 0. The fraction of sp³-hybridized carbons (Fsp3) is 0.385. The second-order valence-electron chi connectivity index (χ2n) is 5.11. The van der Waals surface area contributed by atoms with Gasteiger partial charge in [0.05, 0.1) is 5.56 Å². The van der Waals surface area contributed by atoms with E-state index in [0.717, 1.165) is 17.0 Å². The zero-order chi connectivity index (χ0) is 15.1. The molecule has 1 N–H and O–H groups in total. The van der Waals surface area contributed by atoms with E-state index in [9.17, 15) is 22.8 Å². The van der Waals surface area contributed by atoms with Crippen LogP contribution < -0.4 is 10.2 Å². The number of anilines is 1. The van der Waals surface area contributed by atoms with E-state index >= 15 is 0 Å². The Morgan fingerprint density at radius 1 is 1.25 bits per heavy atom. The van der Waals surface area contributed by atoms with Crippen LogP contribution in [0.25, 0.3) is 0 Å². The predicted molar refractivity (Wildman–Crippen MR) is 66.0 cm³/mol. The highest BCUT2D eigenvalue weighted by atomic mass is 19.4. The number of alkyl halides is 3. The number of piperazine rings is 1. The first-order valence-corrected chi connectivity index (χ1v) is 5.91. The lowest BCUT2D eigenvalue weighted by molar-refractivity contribution is -0.137. The maximum atomic E-state index is 12.7. The summed E-state index contributed by atoms with van der Waals surface area (Å²) < 4.78 is 38.0. The highest BCUT2D eigenvalue weighted by Crippen LogP contribution is 2.32. The topological polar surface area (TPSA) is 49.4 Å². The molecule has 2 rings (SSSR count). The standard InChI is InChI=1S/C13H13F3N2O2/c1-12(2)11(20)18(7-10(19)17-12)9-5-3-4-8(6-9)13(14,15)16/h3-6H,7H2,1-2H3,(H,17,19). The van der Waals surface area contributed by atoms with Gasteiger partial charge in [0, 0.05) is 5.69 Å². The Labute approximate surface area is 113 Å². The van der Waals surface area contributed by atoms with Gasteiger partial charge in [0.1, 0.15) is 12.1 Å². The molecule has 7 heteroatoms. The summed E-state index contributed by atoms with van der Waals surface area (Å²) in [6.45, 7) is 2.73. The van der Waals surface area contributed by atoms with Gasteiger partial charge in [0.25, 0.3) is 5.91 Å². The van der Waals surface area contributed by atoms with E-state index in [4.69, 9.17) is 0 Å². The predicted octanol–water partition coefficient (Wildman–Crippen LogP) is 1.95. The minimum Gasteiger partial charge on any atom is -0.341 e. The SMILES string of the molecule is CC1(C)NC(=O)CN(c2cccc(C(F)(F)F)c2)C1=O. The molecule has 1 aromatic carbocycles. The molecule has 0 aliphatic carbocycles. The Bertz CT molecular complexity index is 567. The van der Waals surface area contributed by atoms with E-state index in [-0.39, 0.29) is 12.2 Å². The minimum atomic E-state index is -4.49. The van der Waals surface area contributed by atoms with Crippen molar-refractivity contribution in [3.05, 3.63) is 29.8 Å². The Balaban J connectivity index is 2.40. The van der Waals surface area contributed by atoms with Crippen LogP contribution in [-0.4, -0.2) is 23.9 Å². The normalized spacial score (nSPS) is 18.9. The quantitative estimate of drug-likeness (QED) is 0.857. The van der Waals surface area contributed by atoms with E-state index in [1.54, 1.807) is 0 Å². The van der Waals surface area contributed by atoms with Gasteiger partial charge in [-0.05, 0) is 32.0 Å². The first-order chi connectivity index (χ1) is 9.11. The number of nitrogens with one attached hydrogen (secondary N) is 1. The molecule has 20 heavy (non-hydrogen) atoms. The van der Waals surface area contributed by atoms with Gasteiger partial charge in [-0.2, -0.15) is 13.2 Å². The number of benzene rings is 1. The summed E-state index contributed by atoms with van der Waals surface area (Å²) in [5.41, 5.74) is -1.93. The molecule has 1 aromatic rings. The van der Waals surface area contributed by atoms with E-state index in [0.29, 0.717) is 0 Å². The van der Waals surface area contributed by atoms with Crippen LogP contribution in [0.5, 0.6) is 0 Å². The fourth-order valence-electron chi connectivity index (χ4n) is 2.05. The number of nitrogens with zero attached hydrogens (tertiary/aromatic N) is 1. The number of hydrogen-bond donors (Lipinski definition) is 1. The van der Waals surface area contributed by atoms with Gasteiger partial charge in [0.15, 0.2) is 0 Å². The molecule has 1 fully saturated rings. The summed E-state index contributed by atoms with van der Waals surface area (Å²) in [5, 5.41) is 2.50. The summed E-state index contributed by atoms with van der Waals surface area (Å²) in [5.74, 6) is -0.858. The number of carbonyl (C=O) groups is 2. The van der Waals surface area contributed by atoms with Gasteiger partial charge in [-0.25, -0.2) is 0 Å². The lowest BCUT2D eigenvalue weighted by atomic mass is 9.99. The largest absolute Gasteiger partial charge is 0.416 e. The third kappa shape index (κ3) is 2.61. The van der Waals surface area contributed by atoms with Gasteiger partial charge in [-0.3, -0.25) is 9.59 Å². The molecule has 1 heterocycles. The molecular formula is C13H13F3N2O2. The van der Waals surface area contributed by atoms with Crippen LogP contribution in [0.1, 0.15) is 19.4 Å². The average molecular weight is 286 g/mol. The molecule has 0 aromatic heterocycles. The smallest absolute Gasteiger partial charge is 0.341 e. The van der Waals surface area contributed by atoms with Gasteiger partial charge in [0.2, 0.25) is 5.91 Å². The molecule has 0 saturated carbocycles. The zero-order valence-electron chi connectivity index (χ0n) is 10.9. The van der Waals surface area contributed by atoms with Crippen LogP contribution in [0.3, 0.4) is 0 Å². The summed E-state index contributed by atoms with van der Waals surface area (Å²) in [6.07, 6.45) is -4.49. The average Bonchev–Trinajstić information content (AvgIpc) is 2.32. The minimum absolute atomic E-state index is 0.0627. The highest BCUT2D eigenvalue weighted by Gasteiger charge is 2.40. The first kappa shape index (κ1) is 14.4. The van der Waals surface area contributed by atoms with Crippen molar-refractivity contribution in [3.63, 3.8) is 0 Å². The Kier molecular flexibility index (Phi) is 3.23. The van der Waals surface area contributed by atoms with Crippen molar-refractivity contribution < 1.29 is 22.8 Å². The maximum Gasteiger partial charge on any atom is 0.416 e. The van der Waals surface area contributed by atoms with E-state index in [1.165, 1.54) is 26.0 Å². The van der Waals surface area contributed by atoms with Gasteiger partial charge >= 0.3 is 6.18 Å². The van der Waals surface area contributed by atoms with Crippen LogP contribution in [0.2, 0.25) is 0 Å². The molecule has 0 radical (unpaired) electrons. The Morgan fingerprint density at radius 3 is 2.50 bits per heavy atom. The van der Waals surface area contributed by atoms with Crippen molar-refractivity contribution in [2.24, 2.45) is 0 Å². The van der Waals surface area contributed by atoms with Gasteiger partial charge < -0.3 is 10.2 Å². The number of rotatable bonds is 1. The highest BCUT2D eigenvalue weighted by molar-refractivity contribution is 6.08. The monoisotopic (exact) mass is 286 g/mol. The molecule has 0 bridgehead atoms. The van der Waals surface area contributed by atoms with E-state index in [2.05, 4.69) is 5.32 Å². The second-order valence-corrected chi connectivity index (χ2v) is 5.11. The molecule has 1 aliphatic rings. The fourth-order valence-corrected chi connectivity index (χ4v) is 2.05. The van der Waals surface area contributed by atoms with Crippen molar-refractivity contribution in [1.29, 1.82) is 0 Å². The molecule has 108 valence electrons. The maximum absolute atomic E-state index is 12.7. The van der Waals surface area contributed by atoms with Gasteiger partial charge in [-0.1, -0.05) is 6.07 Å². The lowest BCUT2D eigenvalue weighted by Crippen LogP contribution is -2.64. The van der Waals surface area contributed by atoms with Crippen molar-refractivity contribution in [2.45, 2.75) is 25.6 Å². The van der Waals surface area contributed by atoms with Gasteiger partial charge in [-0.15, -0.1) is 0 Å². The van der Waals surface area contributed by atoms with Crippen molar-refractivity contribution in [1.82, 2.24) is 5.32 Å². The number of hydrogen-bond acceptors (Lipinski definition) is 2. The van der Waals surface area contributed by atoms with Crippen LogP contribution in [0, 0.1) is 0 Å². The Hall–Kier alpha value is -2.05. The van der Waals surface area contributed by atoms with Crippen LogP contribution in [0.15, 0.2) is 24.3 Å². The lowest BCUT2D eigenvalue weighted by Gasteiger charge is -2.37. The molecule has 0 unspecified atom stereocenters.